The number of phenolic OH excluding ortho intramolecular Hbond substituents is 2. The zero-order valence-electron chi connectivity index (χ0n) is 9.92. The minimum Gasteiger partial charge on any atom is -0.506 e. The molecule has 2 aromatic rings. The summed E-state index contributed by atoms with van der Waals surface area (Å²) in [4.78, 5) is 0. The molecule has 106 valence electrons. The third-order valence-electron chi connectivity index (χ3n) is 2.59. The largest absolute Gasteiger partial charge is 0.506 e. The summed E-state index contributed by atoms with van der Waals surface area (Å²) < 4.78 is 1.20. The number of halogens is 4. The van der Waals surface area contributed by atoms with E-state index in [1.807, 2.05) is 0 Å². The van der Waals surface area contributed by atoms with Gasteiger partial charge in [-0.1, -0.05) is 23.2 Å². The molecule has 0 aromatic heterocycles. The van der Waals surface area contributed by atoms with Crippen LogP contribution in [0.3, 0.4) is 0 Å². The van der Waals surface area contributed by atoms with Gasteiger partial charge in [0.05, 0.1) is 19.0 Å². The third kappa shape index (κ3) is 3.52. The second kappa shape index (κ2) is 6.43. The Bertz CT molecular complexity index is 561. The maximum Gasteiger partial charge on any atom is 0.152 e. The summed E-state index contributed by atoms with van der Waals surface area (Å²) in [6.45, 7) is 0.509. The van der Waals surface area contributed by atoms with Crippen molar-refractivity contribution in [3.63, 3.8) is 0 Å². The van der Waals surface area contributed by atoms with E-state index in [0.29, 0.717) is 21.2 Å². The highest BCUT2D eigenvalue weighted by Gasteiger charge is 2.08. The molecule has 0 atom stereocenters. The molecular formula is C13H9Br2Cl2NO2. The van der Waals surface area contributed by atoms with Gasteiger partial charge in [-0.15, -0.1) is 0 Å². The average molecular weight is 442 g/mol. The molecule has 0 amide bonds. The second-order valence-electron chi connectivity index (χ2n) is 4.05. The van der Waals surface area contributed by atoms with E-state index in [9.17, 15) is 10.2 Å². The van der Waals surface area contributed by atoms with Crippen LogP contribution in [-0.4, -0.2) is 10.2 Å². The summed E-state index contributed by atoms with van der Waals surface area (Å²) in [6.07, 6.45) is 0. The predicted molar refractivity (Wildman–Crippen MR) is 89.0 cm³/mol. The maximum absolute atomic E-state index is 9.64. The monoisotopic (exact) mass is 439 g/mol. The molecule has 0 radical (unpaired) electrons. The van der Waals surface area contributed by atoms with Crippen LogP contribution < -0.4 is 5.32 Å². The number of benzene rings is 2. The van der Waals surface area contributed by atoms with Gasteiger partial charge in [0.15, 0.2) is 5.75 Å². The van der Waals surface area contributed by atoms with Crippen LogP contribution in [0.5, 0.6) is 11.5 Å². The van der Waals surface area contributed by atoms with Gasteiger partial charge in [-0.3, -0.25) is 0 Å². The fourth-order valence-electron chi connectivity index (χ4n) is 1.59. The Balaban J connectivity index is 2.17. The first-order valence-corrected chi connectivity index (χ1v) is 7.81. The topological polar surface area (TPSA) is 52.5 Å². The normalized spacial score (nSPS) is 10.6. The lowest BCUT2D eigenvalue weighted by molar-refractivity contribution is 0.468. The van der Waals surface area contributed by atoms with E-state index in [0.717, 1.165) is 5.56 Å². The van der Waals surface area contributed by atoms with Crippen LogP contribution in [0.1, 0.15) is 5.56 Å². The summed E-state index contributed by atoms with van der Waals surface area (Å²) in [6, 6.07) is 6.79. The van der Waals surface area contributed by atoms with E-state index in [1.165, 1.54) is 0 Å². The molecule has 0 unspecified atom stereocenters. The van der Waals surface area contributed by atoms with Crippen molar-refractivity contribution in [2.24, 2.45) is 0 Å². The van der Waals surface area contributed by atoms with Crippen molar-refractivity contribution in [2.75, 3.05) is 5.32 Å². The van der Waals surface area contributed by atoms with E-state index < -0.39 is 0 Å². The minimum absolute atomic E-state index is 0.131. The Morgan fingerprint density at radius 2 is 1.40 bits per heavy atom. The van der Waals surface area contributed by atoms with Crippen molar-refractivity contribution >= 4 is 60.7 Å². The van der Waals surface area contributed by atoms with Crippen molar-refractivity contribution in [3.05, 3.63) is 48.8 Å². The Morgan fingerprint density at radius 1 is 0.900 bits per heavy atom. The number of nitrogens with one attached hydrogen (secondary N) is 1. The van der Waals surface area contributed by atoms with Crippen LogP contribution in [0.2, 0.25) is 10.0 Å². The molecule has 0 spiro atoms. The average Bonchev–Trinajstić information content (AvgIpc) is 2.39. The molecule has 0 aliphatic rings. The molecule has 20 heavy (non-hydrogen) atoms. The molecule has 0 heterocycles. The standard InChI is InChI=1S/C13H9Br2Cl2NO2/c14-8-1-6(2-9(15)12(8)19)5-18-7-3-10(16)13(20)11(17)4-7/h1-4,18-20H,5H2. The number of anilines is 1. The highest BCUT2D eigenvalue weighted by Crippen LogP contribution is 2.36. The third-order valence-corrected chi connectivity index (χ3v) is 4.38. The SMILES string of the molecule is Oc1c(Cl)cc(NCc2cc(Br)c(O)c(Br)c2)cc1Cl. The maximum atomic E-state index is 9.64. The van der Waals surface area contributed by atoms with Crippen LogP contribution in [0, 0.1) is 0 Å². The van der Waals surface area contributed by atoms with Crippen LogP contribution in [-0.2, 0) is 6.54 Å². The van der Waals surface area contributed by atoms with Gasteiger partial charge in [-0.05, 0) is 61.7 Å². The van der Waals surface area contributed by atoms with Crippen molar-refractivity contribution in [1.29, 1.82) is 0 Å². The Morgan fingerprint density at radius 3 is 1.90 bits per heavy atom. The molecule has 3 N–H and O–H groups in total. The highest BCUT2D eigenvalue weighted by atomic mass is 79.9. The van der Waals surface area contributed by atoms with Crippen LogP contribution in [0.15, 0.2) is 33.2 Å². The number of hydrogen-bond acceptors (Lipinski definition) is 3. The smallest absolute Gasteiger partial charge is 0.152 e. The molecule has 0 bridgehead atoms. The molecule has 0 aliphatic carbocycles. The fraction of sp³-hybridized carbons (Fsp3) is 0.0769. The molecule has 3 nitrogen and oxygen atoms in total. The van der Waals surface area contributed by atoms with Gasteiger partial charge in [0.1, 0.15) is 5.75 Å². The molecule has 0 aliphatic heterocycles. The first-order chi connectivity index (χ1) is 9.38. The number of hydrogen-bond donors (Lipinski definition) is 3. The predicted octanol–water partition coefficient (Wildman–Crippen LogP) is 5.54. The zero-order chi connectivity index (χ0) is 14.9. The number of rotatable bonds is 3. The van der Waals surface area contributed by atoms with Gasteiger partial charge in [0, 0.05) is 12.2 Å². The molecule has 0 saturated heterocycles. The summed E-state index contributed by atoms with van der Waals surface area (Å²) in [5.74, 6) is 0.0264. The molecule has 2 rings (SSSR count). The van der Waals surface area contributed by atoms with Gasteiger partial charge in [-0.25, -0.2) is 0 Å². The summed E-state index contributed by atoms with van der Waals surface area (Å²) in [5, 5.41) is 22.6. The van der Waals surface area contributed by atoms with Crippen LogP contribution in [0.4, 0.5) is 5.69 Å². The Hall–Kier alpha value is -0.620. The lowest BCUT2D eigenvalue weighted by atomic mass is 10.2. The van der Waals surface area contributed by atoms with Crippen LogP contribution in [0.25, 0.3) is 0 Å². The van der Waals surface area contributed by atoms with Crippen LogP contribution >= 0.6 is 55.1 Å². The first-order valence-electron chi connectivity index (χ1n) is 5.47. The molecule has 7 heteroatoms. The van der Waals surface area contributed by atoms with E-state index >= 15 is 0 Å². The van der Waals surface area contributed by atoms with Crippen molar-refractivity contribution in [2.45, 2.75) is 6.54 Å². The number of phenols is 2. The zero-order valence-corrected chi connectivity index (χ0v) is 14.6. The lowest BCUT2D eigenvalue weighted by Crippen LogP contribution is -1.99. The van der Waals surface area contributed by atoms with Gasteiger partial charge in [0.25, 0.3) is 0 Å². The summed E-state index contributed by atoms with van der Waals surface area (Å²) >= 11 is 18.2. The molecular weight excluding hydrogens is 433 g/mol. The summed E-state index contributed by atoms with van der Waals surface area (Å²) in [7, 11) is 0. The van der Waals surface area contributed by atoms with Crippen molar-refractivity contribution < 1.29 is 10.2 Å². The minimum atomic E-state index is -0.131. The van der Waals surface area contributed by atoms with Crippen molar-refractivity contribution in [1.82, 2.24) is 0 Å². The van der Waals surface area contributed by atoms with Gasteiger partial charge in [-0.2, -0.15) is 0 Å². The van der Waals surface area contributed by atoms with E-state index in [1.54, 1.807) is 24.3 Å². The van der Waals surface area contributed by atoms with E-state index in [2.05, 4.69) is 37.2 Å². The number of aromatic hydroxyl groups is 2. The Labute approximate surface area is 142 Å². The quantitative estimate of drug-likeness (QED) is 0.548. The second-order valence-corrected chi connectivity index (χ2v) is 6.57. The van der Waals surface area contributed by atoms with Gasteiger partial charge >= 0.3 is 0 Å². The van der Waals surface area contributed by atoms with Gasteiger partial charge in [0.2, 0.25) is 0 Å². The molecule has 2 aromatic carbocycles. The summed E-state index contributed by atoms with van der Waals surface area (Å²) in [5.41, 5.74) is 1.64. The fourth-order valence-corrected chi connectivity index (χ4v) is 3.36. The highest BCUT2D eigenvalue weighted by molar-refractivity contribution is 9.11. The van der Waals surface area contributed by atoms with E-state index in [4.69, 9.17) is 23.2 Å². The van der Waals surface area contributed by atoms with E-state index in [-0.39, 0.29) is 21.5 Å². The Kier molecular flexibility index (Phi) is 5.07. The van der Waals surface area contributed by atoms with Gasteiger partial charge < -0.3 is 15.5 Å². The molecule has 0 saturated carbocycles. The first kappa shape index (κ1) is 15.8. The lowest BCUT2D eigenvalue weighted by Gasteiger charge is -2.10. The van der Waals surface area contributed by atoms with Crippen molar-refractivity contribution in [3.8, 4) is 11.5 Å². The molecule has 0 fully saturated rings.